The largest absolute Gasteiger partial charge is 0.357 e. The van der Waals surface area contributed by atoms with Gasteiger partial charge in [0.15, 0.2) is 0 Å². The molecule has 1 aromatic carbocycles. The number of benzene rings is 1. The molecule has 2 N–H and O–H groups in total. The standard InChI is InChI=1S/C12H14F2N6/c1-15-10-17-11(19-12(18-10)20(2)3)16-9-5-7(13)4-8(14)6-9/h4-6H,1-3H3,(H2,15,16,17,18,19). The van der Waals surface area contributed by atoms with Crippen LogP contribution in [0.1, 0.15) is 0 Å². The zero-order valence-corrected chi connectivity index (χ0v) is 11.3. The van der Waals surface area contributed by atoms with E-state index in [1.54, 1.807) is 26.0 Å². The van der Waals surface area contributed by atoms with Gasteiger partial charge in [-0.25, -0.2) is 8.78 Å². The lowest BCUT2D eigenvalue weighted by molar-refractivity contribution is 0.584. The van der Waals surface area contributed by atoms with E-state index in [9.17, 15) is 8.78 Å². The lowest BCUT2D eigenvalue weighted by Crippen LogP contribution is -2.15. The van der Waals surface area contributed by atoms with E-state index in [1.165, 1.54) is 0 Å². The molecule has 0 fully saturated rings. The lowest BCUT2D eigenvalue weighted by atomic mass is 10.3. The van der Waals surface area contributed by atoms with Crippen LogP contribution in [0.2, 0.25) is 0 Å². The first kappa shape index (κ1) is 13.9. The molecule has 0 bridgehead atoms. The minimum Gasteiger partial charge on any atom is -0.357 e. The summed E-state index contributed by atoms with van der Waals surface area (Å²) in [6.07, 6.45) is 0. The molecule has 0 saturated heterocycles. The summed E-state index contributed by atoms with van der Waals surface area (Å²) < 4.78 is 26.3. The fourth-order valence-corrected chi connectivity index (χ4v) is 1.49. The highest BCUT2D eigenvalue weighted by molar-refractivity contribution is 5.55. The predicted octanol–water partition coefficient (Wildman–Crippen LogP) is 2.00. The van der Waals surface area contributed by atoms with Gasteiger partial charge in [-0.05, 0) is 12.1 Å². The van der Waals surface area contributed by atoms with Crippen molar-refractivity contribution < 1.29 is 8.78 Å². The Bertz CT molecular complexity index is 597. The van der Waals surface area contributed by atoms with Crippen molar-refractivity contribution in [3.8, 4) is 0 Å². The summed E-state index contributed by atoms with van der Waals surface area (Å²) in [6.45, 7) is 0. The number of hydrogen-bond acceptors (Lipinski definition) is 6. The molecule has 6 nitrogen and oxygen atoms in total. The number of rotatable bonds is 4. The van der Waals surface area contributed by atoms with Crippen molar-refractivity contribution >= 4 is 23.5 Å². The fraction of sp³-hybridized carbons (Fsp3) is 0.250. The average Bonchev–Trinajstić information content (AvgIpc) is 2.36. The molecule has 0 amide bonds. The number of nitrogens with zero attached hydrogens (tertiary/aromatic N) is 4. The summed E-state index contributed by atoms with van der Waals surface area (Å²) in [6, 6.07) is 3.10. The van der Waals surface area contributed by atoms with Gasteiger partial charge in [-0.3, -0.25) is 0 Å². The second-order valence-corrected chi connectivity index (χ2v) is 4.21. The van der Waals surface area contributed by atoms with Gasteiger partial charge in [0.25, 0.3) is 0 Å². The molecule has 0 aliphatic carbocycles. The highest BCUT2D eigenvalue weighted by Gasteiger charge is 2.08. The molecule has 0 aliphatic heterocycles. The summed E-state index contributed by atoms with van der Waals surface area (Å²) >= 11 is 0. The van der Waals surface area contributed by atoms with E-state index in [4.69, 9.17) is 0 Å². The smallest absolute Gasteiger partial charge is 0.233 e. The number of nitrogens with one attached hydrogen (secondary N) is 2. The van der Waals surface area contributed by atoms with Crippen molar-refractivity contribution in [3.63, 3.8) is 0 Å². The molecule has 0 radical (unpaired) electrons. The summed E-state index contributed by atoms with van der Waals surface area (Å²) in [4.78, 5) is 14.0. The number of hydrogen-bond donors (Lipinski definition) is 2. The van der Waals surface area contributed by atoms with Gasteiger partial charge >= 0.3 is 0 Å². The van der Waals surface area contributed by atoms with Crippen LogP contribution in [0.5, 0.6) is 0 Å². The molecular weight excluding hydrogens is 266 g/mol. The van der Waals surface area contributed by atoms with E-state index in [0.717, 1.165) is 18.2 Å². The molecule has 0 saturated carbocycles. The molecule has 1 heterocycles. The summed E-state index contributed by atoms with van der Waals surface area (Å²) in [5, 5.41) is 5.54. The molecule has 1 aromatic heterocycles. The van der Waals surface area contributed by atoms with E-state index in [1.807, 2.05) is 0 Å². The first-order valence-corrected chi connectivity index (χ1v) is 5.82. The molecule has 0 aliphatic rings. The van der Waals surface area contributed by atoms with Crippen LogP contribution in [0, 0.1) is 11.6 Å². The van der Waals surface area contributed by atoms with E-state index in [0.29, 0.717) is 11.9 Å². The molecule has 0 unspecified atom stereocenters. The highest BCUT2D eigenvalue weighted by Crippen LogP contribution is 2.18. The third-order valence-corrected chi connectivity index (χ3v) is 2.37. The predicted molar refractivity (Wildman–Crippen MR) is 73.3 cm³/mol. The molecule has 0 spiro atoms. The third-order valence-electron chi connectivity index (χ3n) is 2.37. The minimum absolute atomic E-state index is 0.193. The SMILES string of the molecule is CNc1nc(Nc2cc(F)cc(F)c2)nc(N(C)C)n1. The van der Waals surface area contributed by atoms with Crippen molar-refractivity contribution in [2.75, 3.05) is 36.7 Å². The van der Waals surface area contributed by atoms with Crippen molar-refractivity contribution in [2.24, 2.45) is 0 Å². The maximum Gasteiger partial charge on any atom is 0.233 e. The minimum atomic E-state index is -0.678. The van der Waals surface area contributed by atoms with Crippen LogP contribution >= 0.6 is 0 Å². The first-order valence-electron chi connectivity index (χ1n) is 5.82. The van der Waals surface area contributed by atoms with E-state index < -0.39 is 11.6 Å². The average molecular weight is 280 g/mol. The number of anilines is 4. The second-order valence-electron chi connectivity index (χ2n) is 4.21. The lowest BCUT2D eigenvalue weighted by Gasteiger charge is -2.13. The van der Waals surface area contributed by atoms with Crippen LogP contribution < -0.4 is 15.5 Å². The monoisotopic (exact) mass is 280 g/mol. The first-order chi connectivity index (χ1) is 9.47. The van der Waals surface area contributed by atoms with Crippen LogP contribution in [0.15, 0.2) is 18.2 Å². The van der Waals surface area contributed by atoms with Crippen molar-refractivity contribution in [2.45, 2.75) is 0 Å². The Balaban J connectivity index is 2.34. The summed E-state index contributed by atoms with van der Waals surface area (Å²) in [5.41, 5.74) is 0.223. The third kappa shape index (κ3) is 3.28. The van der Waals surface area contributed by atoms with Crippen LogP contribution in [0.4, 0.5) is 32.3 Å². The maximum absolute atomic E-state index is 13.1. The molecule has 106 valence electrons. The molecule has 0 atom stereocenters. The van der Waals surface area contributed by atoms with Crippen molar-refractivity contribution in [1.82, 2.24) is 15.0 Å². The van der Waals surface area contributed by atoms with E-state index in [-0.39, 0.29) is 11.6 Å². The topological polar surface area (TPSA) is 66.0 Å². The zero-order chi connectivity index (χ0) is 14.7. The van der Waals surface area contributed by atoms with Gasteiger partial charge in [0.05, 0.1) is 0 Å². The Kier molecular flexibility index (Phi) is 3.92. The Labute approximate surface area is 114 Å². The summed E-state index contributed by atoms with van der Waals surface area (Å²) in [5.74, 6) is -0.392. The Morgan fingerprint density at radius 2 is 1.55 bits per heavy atom. The Morgan fingerprint density at radius 3 is 2.10 bits per heavy atom. The van der Waals surface area contributed by atoms with Gasteiger partial charge in [0.1, 0.15) is 11.6 Å². The molecule has 20 heavy (non-hydrogen) atoms. The van der Waals surface area contributed by atoms with E-state index in [2.05, 4.69) is 25.6 Å². The van der Waals surface area contributed by atoms with Gasteiger partial charge < -0.3 is 15.5 Å². The van der Waals surface area contributed by atoms with Gasteiger partial charge in [0.2, 0.25) is 17.8 Å². The van der Waals surface area contributed by atoms with Crippen molar-refractivity contribution in [1.29, 1.82) is 0 Å². The Morgan fingerprint density at radius 1 is 0.950 bits per heavy atom. The quantitative estimate of drug-likeness (QED) is 0.893. The number of aromatic nitrogens is 3. The molecule has 2 aromatic rings. The van der Waals surface area contributed by atoms with Gasteiger partial charge in [-0.15, -0.1) is 0 Å². The Hall–Kier alpha value is -2.51. The van der Waals surface area contributed by atoms with E-state index >= 15 is 0 Å². The van der Waals surface area contributed by atoms with Crippen LogP contribution in [0.25, 0.3) is 0 Å². The van der Waals surface area contributed by atoms with Gasteiger partial charge in [-0.1, -0.05) is 0 Å². The molecular formula is C12H14F2N6. The van der Waals surface area contributed by atoms with Crippen molar-refractivity contribution in [3.05, 3.63) is 29.8 Å². The number of halogens is 2. The van der Waals surface area contributed by atoms with Crippen LogP contribution in [-0.4, -0.2) is 36.1 Å². The van der Waals surface area contributed by atoms with Gasteiger partial charge in [-0.2, -0.15) is 15.0 Å². The highest BCUT2D eigenvalue weighted by atomic mass is 19.1. The normalized spacial score (nSPS) is 10.2. The molecule has 8 heteroatoms. The molecule has 2 rings (SSSR count). The van der Waals surface area contributed by atoms with Crippen LogP contribution in [-0.2, 0) is 0 Å². The summed E-state index contributed by atoms with van der Waals surface area (Å²) in [7, 11) is 5.22. The second kappa shape index (κ2) is 5.64. The van der Waals surface area contributed by atoms with Gasteiger partial charge in [0, 0.05) is 32.9 Å². The zero-order valence-electron chi connectivity index (χ0n) is 11.3. The van der Waals surface area contributed by atoms with Crippen LogP contribution in [0.3, 0.4) is 0 Å². The maximum atomic E-state index is 13.1. The fourth-order valence-electron chi connectivity index (χ4n) is 1.49.